The molecule has 12 nitrogen and oxygen atoms in total. The number of piperazine rings is 2. The summed E-state index contributed by atoms with van der Waals surface area (Å²) in [6.45, 7) is 8.79. The van der Waals surface area contributed by atoms with Gasteiger partial charge < -0.3 is 40.5 Å². The van der Waals surface area contributed by atoms with E-state index in [0.717, 1.165) is 24.0 Å². The van der Waals surface area contributed by atoms with E-state index in [2.05, 4.69) is 13.8 Å². The molecule has 272 valence electrons. The number of nitrogens with two attached hydrogens (primary N) is 2. The van der Waals surface area contributed by atoms with Crippen LogP contribution in [0.5, 0.6) is 0 Å². The molecule has 50 heavy (non-hydrogen) atoms. The fraction of sp³-hybridized carbons (Fsp3) is 0.579. The smallest absolute Gasteiger partial charge is 0.410 e. The third-order valence-corrected chi connectivity index (χ3v) is 10.4. The molecule has 0 spiro atoms. The lowest BCUT2D eigenvalue weighted by Gasteiger charge is -2.36. The number of amides is 4. The van der Waals surface area contributed by atoms with E-state index in [1.165, 1.54) is 0 Å². The summed E-state index contributed by atoms with van der Waals surface area (Å²) < 4.78 is 11.8. The Kier molecular flexibility index (Phi) is 13.1. The molecule has 2 heterocycles. The number of carbonyl (C=O) groups is 4. The first-order valence-corrected chi connectivity index (χ1v) is 18.3. The van der Waals surface area contributed by atoms with Crippen molar-refractivity contribution in [3.05, 3.63) is 70.8 Å². The molecule has 3 fully saturated rings. The van der Waals surface area contributed by atoms with E-state index in [4.69, 9.17) is 20.9 Å². The highest BCUT2D eigenvalue weighted by molar-refractivity contribution is 5.95. The molecule has 5 rings (SSSR count). The van der Waals surface area contributed by atoms with Gasteiger partial charge in [0.05, 0.1) is 0 Å². The quantitative estimate of drug-likeness (QED) is 0.414. The summed E-state index contributed by atoms with van der Waals surface area (Å²) in [6, 6.07) is 15.2. The highest BCUT2D eigenvalue weighted by atomic mass is 16.6. The zero-order chi connectivity index (χ0) is 35.6. The number of hydrogen-bond donors (Lipinski definition) is 2. The van der Waals surface area contributed by atoms with Crippen molar-refractivity contribution in [2.24, 2.45) is 11.5 Å². The van der Waals surface area contributed by atoms with Crippen LogP contribution in [-0.4, -0.2) is 121 Å². The van der Waals surface area contributed by atoms with Crippen molar-refractivity contribution in [1.82, 2.24) is 19.6 Å². The molecular formula is C38H54N6O6. The summed E-state index contributed by atoms with van der Waals surface area (Å²) in [6.07, 6.45) is 3.39. The zero-order valence-electron chi connectivity index (χ0n) is 29.6. The van der Waals surface area contributed by atoms with Crippen molar-refractivity contribution < 1.29 is 28.7 Å². The minimum Gasteiger partial charge on any atom is -0.446 e. The Morgan fingerprint density at radius 2 is 0.860 bits per heavy atom. The van der Waals surface area contributed by atoms with Crippen molar-refractivity contribution in [2.75, 3.05) is 65.4 Å². The number of nitrogens with zero attached hydrogens (tertiary/aromatic N) is 4. The van der Waals surface area contributed by atoms with Crippen LogP contribution in [0.3, 0.4) is 0 Å². The Labute approximate surface area is 296 Å². The molecular weight excluding hydrogens is 636 g/mol. The van der Waals surface area contributed by atoms with E-state index in [1.54, 1.807) is 19.6 Å². The fourth-order valence-corrected chi connectivity index (χ4v) is 6.83. The Morgan fingerprint density at radius 3 is 1.16 bits per heavy atom. The number of rotatable bonds is 8. The highest BCUT2D eigenvalue weighted by Gasteiger charge is 2.30. The lowest BCUT2D eigenvalue weighted by molar-refractivity contribution is 0.0165. The summed E-state index contributed by atoms with van der Waals surface area (Å²) in [5, 5.41) is 0. The molecule has 3 aliphatic rings. The molecule has 12 heteroatoms. The topological polar surface area (TPSA) is 152 Å². The van der Waals surface area contributed by atoms with Crippen molar-refractivity contribution in [3.8, 4) is 0 Å². The van der Waals surface area contributed by atoms with E-state index in [-0.39, 0.29) is 48.0 Å². The molecule has 0 radical (unpaired) electrons. The molecule has 2 aliphatic heterocycles. The van der Waals surface area contributed by atoms with Gasteiger partial charge in [0.1, 0.15) is 12.2 Å². The maximum absolute atomic E-state index is 13.0. The molecule has 0 aromatic heterocycles. The summed E-state index contributed by atoms with van der Waals surface area (Å²) in [7, 11) is 0. The van der Waals surface area contributed by atoms with Crippen molar-refractivity contribution in [3.63, 3.8) is 0 Å². The largest absolute Gasteiger partial charge is 0.446 e. The molecule has 4 amide bonds. The van der Waals surface area contributed by atoms with Gasteiger partial charge in [-0.25, -0.2) is 9.59 Å². The zero-order valence-corrected chi connectivity index (χ0v) is 29.6. The first-order valence-electron chi connectivity index (χ1n) is 18.3. The highest BCUT2D eigenvalue weighted by Crippen LogP contribution is 2.24. The number of hydrogen-bond acceptors (Lipinski definition) is 8. The third-order valence-electron chi connectivity index (χ3n) is 10.4. The van der Waals surface area contributed by atoms with Gasteiger partial charge in [-0.15, -0.1) is 0 Å². The van der Waals surface area contributed by atoms with Gasteiger partial charge in [-0.2, -0.15) is 0 Å². The molecule has 2 saturated heterocycles. The molecule has 2 unspecified atom stereocenters. The predicted octanol–water partition coefficient (Wildman–Crippen LogP) is 4.39. The Hall–Kier alpha value is -4.16. The van der Waals surface area contributed by atoms with E-state index < -0.39 is 0 Å². The van der Waals surface area contributed by atoms with E-state index in [1.807, 2.05) is 48.5 Å². The second-order valence-corrected chi connectivity index (χ2v) is 13.9. The second-order valence-electron chi connectivity index (χ2n) is 13.9. The average molecular weight is 691 g/mol. The van der Waals surface area contributed by atoms with Crippen LogP contribution in [0.2, 0.25) is 0 Å². The van der Waals surface area contributed by atoms with Gasteiger partial charge in [-0.05, 0) is 98.8 Å². The fourth-order valence-electron chi connectivity index (χ4n) is 6.83. The third kappa shape index (κ3) is 9.54. The van der Waals surface area contributed by atoms with Crippen molar-refractivity contribution in [1.29, 1.82) is 0 Å². The van der Waals surface area contributed by atoms with Crippen LogP contribution < -0.4 is 11.5 Å². The first-order chi connectivity index (χ1) is 24.2. The molecule has 1 saturated carbocycles. The van der Waals surface area contributed by atoms with Gasteiger partial charge in [0, 0.05) is 63.5 Å². The van der Waals surface area contributed by atoms with Gasteiger partial charge in [0.15, 0.2) is 0 Å². The molecule has 4 N–H and O–H groups in total. The Balaban J connectivity index is 0.984. The van der Waals surface area contributed by atoms with Gasteiger partial charge in [-0.1, -0.05) is 38.1 Å². The van der Waals surface area contributed by atoms with Gasteiger partial charge in [0.25, 0.3) is 11.8 Å². The molecule has 0 bridgehead atoms. The van der Waals surface area contributed by atoms with E-state index in [0.29, 0.717) is 102 Å². The summed E-state index contributed by atoms with van der Waals surface area (Å²) >= 11 is 0. The van der Waals surface area contributed by atoms with Crippen molar-refractivity contribution in [2.45, 2.75) is 76.4 Å². The van der Waals surface area contributed by atoms with Crippen LogP contribution in [-0.2, 0) is 9.47 Å². The lowest BCUT2D eigenvalue weighted by Crippen LogP contribution is -2.51. The average Bonchev–Trinajstić information content (AvgIpc) is 3.15. The first kappa shape index (κ1) is 37.1. The van der Waals surface area contributed by atoms with Crippen LogP contribution in [0.4, 0.5) is 9.59 Å². The van der Waals surface area contributed by atoms with Crippen molar-refractivity contribution >= 4 is 24.0 Å². The van der Waals surface area contributed by atoms with Gasteiger partial charge in [-0.3, -0.25) is 9.59 Å². The normalized spacial score (nSPS) is 21.4. The number of benzene rings is 2. The van der Waals surface area contributed by atoms with Crippen LogP contribution >= 0.6 is 0 Å². The molecule has 2 atom stereocenters. The molecule has 2 aromatic rings. The second kappa shape index (κ2) is 17.7. The Bertz CT molecular complexity index is 1320. The maximum atomic E-state index is 13.0. The minimum atomic E-state index is -0.332. The number of ether oxygens (including phenoxy) is 2. The van der Waals surface area contributed by atoms with Gasteiger partial charge >= 0.3 is 12.2 Å². The maximum Gasteiger partial charge on any atom is 0.410 e. The SMILES string of the molecule is CC(CN)c1ccc(C(=O)N2CCN(C(=O)O[C@H]3CCC[C@@H](OC(=O)N4CCN(C(=O)c5ccc(C(C)CN)cc5)CC4)CCC3)CC2)cc1. The van der Waals surface area contributed by atoms with Crippen LogP contribution in [0.15, 0.2) is 48.5 Å². The van der Waals surface area contributed by atoms with Crippen LogP contribution in [0, 0.1) is 0 Å². The van der Waals surface area contributed by atoms with Crippen LogP contribution in [0.25, 0.3) is 0 Å². The standard InChI is InChI=1S/C38H54N6O6/c1-27(25-39)29-9-13-31(14-10-29)35(45)41-17-21-43(22-18-41)37(47)49-33-5-3-7-34(8-4-6-33)50-38(48)44-23-19-42(20-24-44)36(46)32-15-11-30(12-16-32)28(2)26-40/h9-16,27-28,33-34H,3-8,17-26,39-40H2,1-2H3/t27?,28?,33-,34+. The number of carbonyl (C=O) groups excluding carboxylic acids is 4. The minimum absolute atomic E-state index is 0.0343. The van der Waals surface area contributed by atoms with Gasteiger partial charge in [0.2, 0.25) is 0 Å². The van der Waals surface area contributed by atoms with E-state index in [9.17, 15) is 19.2 Å². The molecule has 2 aromatic carbocycles. The lowest BCUT2D eigenvalue weighted by atomic mass is 9.96. The summed E-state index contributed by atoms with van der Waals surface area (Å²) in [5.41, 5.74) is 15.0. The summed E-state index contributed by atoms with van der Waals surface area (Å²) in [5.74, 6) is 0.412. The van der Waals surface area contributed by atoms with E-state index >= 15 is 0 Å². The predicted molar refractivity (Wildman–Crippen MR) is 191 cm³/mol. The monoisotopic (exact) mass is 690 g/mol. The van der Waals surface area contributed by atoms with Crippen LogP contribution in [0.1, 0.15) is 96.1 Å². The Morgan fingerprint density at radius 1 is 0.560 bits per heavy atom. The molecule has 1 aliphatic carbocycles. The summed E-state index contributed by atoms with van der Waals surface area (Å²) in [4.78, 5) is 59.0.